The van der Waals surface area contributed by atoms with E-state index in [9.17, 15) is 19.6 Å². The second-order valence-corrected chi connectivity index (χ2v) is 6.30. The first-order chi connectivity index (χ1) is 12.1. The normalized spacial score (nSPS) is 13.8. The van der Waals surface area contributed by atoms with Gasteiger partial charge in [-0.1, -0.05) is 30.3 Å². The summed E-state index contributed by atoms with van der Waals surface area (Å²) in [5, 5.41) is 9.95. The van der Waals surface area contributed by atoms with Crippen molar-refractivity contribution in [3.05, 3.63) is 47.5 Å². The first kappa shape index (κ1) is 20.9. The van der Waals surface area contributed by atoms with Gasteiger partial charge in [-0.3, -0.25) is 0 Å². The van der Waals surface area contributed by atoms with Crippen LogP contribution in [0.15, 0.2) is 42.0 Å². The number of rotatable bonds is 5. The number of nitrogens with zero attached hydrogens (tertiary/aromatic N) is 1. The molecule has 0 aromatic heterocycles. The van der Waals surface area contributed by atoms with Crippen LogP contribution in [0.3, 0.4) is 0 Å². The number of hydrogen-bond acceptors (Lipinski definition) is 7. The molecule has 0 aliphatic heterocycles. The van der Waals surface area contributed by atoms with Crippen molar-refractivity contribution in [3.63, 3.8) is 0 Å². The molecule has 0 amide bonds. The van der Waals surface area contributed by atoms with Crippen LogP contribution >= 0.6 is 0 Å². The molecule has 0 spiro atoms. The van der Waals surface area contributed by atoms with Crippen molar-refractivity contribution in [1.82, 2.24) is 0 Å². The Morgan fingerprint density at radius 3 is 2.04 bits per heavy atom. The van der Waals surface area contributed by atoms with Crippen molar-refractivity contribution in [3.8, 4) is 6.07 Å². The van der Waals surface area contributed by atoms with Crippen molar-refractivity contribution in [2.75, 3.05) is 14.2 Å². The highest BCUT2D eigenvalue weighted by molar-refractivity contribution is 6.07. The third kappa shape index (κ3) is 4.48. The van der Waals surface area contributed by atoms with Gasteiger partial charge in [-0.05, 0) is 26.3 Å². The Bertz CT molecular complexity index is 754. The van der Waals surface area contributed by atoms with E-state index in [0.29, 0.717) is 0 Å². The Labute approximate surface area is 152 Å². The molecule has 0 bridgehead atoms. The number of esters is 3. The van der Waals surface area contributed by atoms with Gasteiger partial charge in [-0.25, -0.2) is 14.4 Å². The van der Waals surface area contributed by atoms with Crippen molar-refractivity contribution in [2.24, 2.45) is 0 Å². The Balaban J connectivity index is 3.79. The van der Waals surface area contributed by atoms with Crippen LogP contribution in [-0.2, 0) is 34.0 Å². The highest BCUT2D eigenvalue weighted by atomic mass is 16.6. The first-order valence-electron chi connectivity index (χ1n) is 7.71. The average molecular weight is 359 g/mol. The van der Waals surface area contributed by atoms with E-state index in [1.54, 1.807) is 39.0 Å². The lowest BCUT2D eigenvalue weighted by atomic mass is 9.74. The monoisotopic (exact) mass is 359 g/mol. The van der Waals surface area contributed by atoms with Crippen LogP contribution in [0.25, 0.3) is 0 Å². The fraction of sp³-hybridized carbons (Fsp3) is 0.368. The Kier molecular flexibility index (Phi) is 6.67. The summed E-state index contributed by atoms with van der Waals surface area (Å²) in [7, 11) is 2.19. The number of carbonyl (C=O) groups excluding carboxylic acids is 3. The van der Waals surface area contributed by atoms with Gasteiger partial charge in [0.05, 0.1) is 25.9 Å². The van der Waals surface area contributed by atoms with E-state index in [2.05, 4.69) is 4.74 Å². The van der Waals surface area contributed by atoms with Crippen LogP contribution in [0.5, 0.6) is 0 Å². The van der Waals surface area contributed by atoms with E-state index in [0.717, 1.165) is 20.3 Å². The van der Waals surface area contributed by atoms with Gasteiger partial charge in [-0.15, -0.1) is 0 Å². The van der Waals surface area contributed by atoms with E-state index in [1.165, 1.54) is 12.1 Å². The molecule has 0 unspecified atom stereocenters. The highest BCUT2D eigenvalue weighted by Gasteiger charge is 2.51. The minimum atomic E-state index is -2.20. The summed E-state index contributed by atoms with van der Waals surface area (Å²) >= 11 is 0. The molecule has 0 heterocycles. The quantitative estimate of drug-likeness (QED) is 0.450. The minimum absolute atomic E-state index is 0.164. The van der Waals surface area contributed by atoms with Crippen LogP contribution in [0.4, 0.5) is 0 Å². The molecule has 7 heteroatoms. The van der Waals surface area contributed by atoms with E-state index >= 15 is 0 Å². The van der Waals surface area contributed by atoms with Gasteiger partial charge in [0.2, 0.25) is 5.41 Å². The van der Waals surface area contributed by atoms with E-state index in [1.807, 2.05) is 6.07 Å². The summed E-state index contributed by atoms with van der Waals surface area (Å²) in [6.07, 6.45) is 0.770. The molecule has 0 saturated carbocycles. The van der Waals surface area contributed by atoms with Gasteiger partial charge >= 0.3 is 17.9 Å². The number of methoxy groups -OCH3 is 2. The Morgan fingerprint density at radius 2 is 1.62 bits per heavy atom. The molecule has 26 heavy (non-hydrogen) atoms. The van der Waals surface area contributed by atoms with E-state index in [4.69, 9.17) is 9.47 Å². The molecule has 0 aliphatic carbocycles. The van der Waals surface area contributed by atoms with Crippen LogP contribution < -0.4 is 0 Å². The van der Waals surface area contributed by atoms with Crippen LogP contribution in [0.1, 0.15) is 26.3 Å². The van der Waals surface area contributed by atoms with E-state index in [-0.39, 0.29) is 5.56 Å². The zero-order valence-electron chi connectivity index (χ0n) is 15.4. The van der Waals surface area contributed by atoms with Gasteiger partial charge in [-0.2, -0.15) is 5.26 Å². The molecule has 7 nitrogen and oxygen atoms in total. The molecule has 0 radical (unpaired) electrons. The number of nitriles is 1. The topological polar surface area (TPSA) is 103 Å². The summed E-state index contributed by atoms with van der Waals surface area (Å²) in [6, 6.07) is 9.70. The fourth-order valence-corrected chi connectivity index (χ4v) is 2.20. The smallest absolute Gasteiger partial charge is 0.336 e. The summed E-state index contributed by atoms with van der Waals surface area (Å²) < 4.78 is 14.6. The standard InChI is InChI=1S/C19H21NO6/c1-18(2,3)26-17(23)19(12-20,13-9-7-6-8-10-13)14(16(22)25-5)11-15(21)24-4/h6-11H,1-5H3/b14-11+/t19-/m0/s1. The Hall–Kier alpha value is -3.14. The third-order valence-electron chi connectivity index (χ3n) is 3.35. The molecule has 0 N–H and O–H groups in total. The number of ether oxygens (including phenoxy) is 3. The zero-order chi connectivity index (χ0) is 20.0. The molecule has 138 valence electrons. The average Bonchev–Trinajstić information content (AvgIpc) is 2.60. The second kappa shape index (κ2) is 8.30. The van der Waals surface area contributed by atoms with Crippen LogP contribution in [0.2, 0.25) is 0 Å². The molecule has 0 aliphatic rings. The largest absolute Gasteiger partial charge is 0.466 e. The Morgan fingerprint density at radius 1 is 1.04 bits per heavy atom. The zero-order valence-corrected chi connectivity index (χ0v) is 15.4. The van der Waals surface area contributed by atoms with Crippen molar-refractivity contribution < 1.29 is 28.6 Å². The highest BCUT2D eigenvalue weighted by Crippen LogP contribution is 2.35. The summed E-state index contributed by atoms with van der Waals surface area (Å²) in [5.41, 5.74) is -3.46. The van der Waals surface area contributed by atoms with Crippen molar-refractivity contribution >= 4 is 17.9 Å². The number of carbonyl (C=O) groups is 3. The van der Waals surface area contributed by atoms with Crippen molar-refractivity contribution in [2.45, 2.75) is 31.8 Å². The second-order valence-electron chi connectivity index (χ2n) is 6.30. The first-order valence-corrected chi connectivity index (χ1v) is 7.71. The molecule has 1 aromatic rings. The van der Waals surface area contributed by atoms with E-state index < -0.39 is 34.5 Å². The predicted molar refractivity (Wildman–Crippen MR) is 91.7 cm³/mol. The van der Waals surface area contributed by atoms with Crippen LogP contribution in [-0.4, -0.2) is 37.7 Å². The van der Waals surface area contributed by atoms with Gasteiger partial charge in [0, 0.05) is 6.08 Å². The molecule has 1 atom stereocenters. The van der Waals surface area contributed by atoms with Gasteiger partial charge in [0.15, 0.2) is 0 Å². The molecule has 1 aromatic carbocycles. The summed E-state index contributed by atoms with van der Waals surface area (Å²) in [6.45, 7) is 4.87. The van der Waals surface area contributed by atoms with Crippen LogP contribution in [0, 0.1) is 11.3 Å². The van der Waals surface area contributed by atoms with Gasteiger partial charge in [0.25, 0.3) is 0 Å². The number of hydrogen-bond donors (Lipinski definition) is 0. The van der Waals surface area contributed by atoms with Gasteiger partial charge < -0.3 is 14.2 Å². The number of benzene rings is 1. The maximum Gasteiger partial charge on any atom is 0.336 e. The third-order valence-corrected chi connectivity index (χ3v) is 3.35. The lowest BCUT2D eigenvalue weighted by molar-refractivity contribution is -0.160. The van der Waals surface area contributed by atoms with Crippen molar-refractivity contribution in [1.29, 1.82) is 5.26 Å². The molecule has 1 rings (SSSR count). The summed E-state index contributed by atoms with van der Waals surface area (Å²) in [5.74, 6) is -2.93. The maximum absolute atomic E-state index is 13.0. The SMILES string of the molecule is COC(=O)/C=C(\C(=O)OC)[C@@](C#N)(C(=O)OC(C)(C)C)c1ccccc1. The molecular weight excluding hydrogens is 338 g/mol. The summed E-state index contributed by atoms with van der Waals surface area (Å²) in [4.78, 5) is 37.1. The lowest BCUT2D eigenvalue weighted by Crippen LogP contribution is -2.44. The predicted octanol–water partition coefficient (Wildman–Crippen LogP) is 2.06. The molecular formula is C19H21NO6. The minimum Gasteiger partial charge on any atom is -0.466 e. The molecule has 0 saturated heterocycles. The lowest BCUT2D eigenvalue weighted by Gasteiger charge is -2.30. The fourth-order valence-electron chi connectivity index (χ4n) is 2.20. The maximum atomic E-state index is 13.0. The molecule has 0 fully saturated rings. The van der Waals surface area contributed by atoms with Gasteiger partial charge in [0.1, 0.15) is 5.60 Å².